The predicted octanol–water partition coefficient (Wildman–Crippen LogP) is 1.90. The summed E-state index contributed by atoms with van der Waals surface area (Å²) in [4.78, 5) is 3.02. The summed E-state index contributed by atoms with van der Waals surface area (Å²) in [5, 5.41) is 3.17. The van der Waals surface area contributed by atoms with Gasteiger partial charge in [0.1, 0.15) is 0 Å². The Morgan fingerprint density at radius 2 is 2.64 bits per heavy atom. The largest absolute Gasteiger partial charge is 0.364 e. The van der Waals surface area contributed by atoms with Crippen molar-refractivity contribution in [1.82, 2.24) is 10.3 Å². The molecule has 0 unspecified atom stereocenters. The molecule has 0 aliphatic rings. The molecule has 2 heteroatoms. The Morgan fingerprint density at radius 1 is 1.82 bits per heavy atom. The van der Waals surface area contributed by atoms with Gasteiger partial charge in [0, 0.05) is 25.8 Å². The molecule has 1 aromatic rings. The maximum atomic E-state index is 7.72. The highest BCUT2D eigenvalue weighted by Crippen LogP contribution is 1.95. The Balaban J connectivity index is 2.44. The minimum atomic E-state index is -0.324. The summed E-state index contributed by atoms with van der Waals surface area (Å²) in [6, 6.07) is 4.23. The van der Waals surface area contributed by atoms with E-state index in [-0.39, 0.29) is 6.52 Å². The van der Waals surface area contributed by atoms with Crippen LogP contribution in [0, 0.1) is 0 Å². The van der Waals surface area contributed by atoms with Crippen molar-refractivity contribution in [3.05, 3.63) is 24.0 Å². The Morgan fingerprint density at radius 3 is 3.18 bits per heavy atom. The van der Waals surface area contributed by atoms with Crippen LogP contribution < -0.4 is 5.32 Å². The standard InChI is InChI=1S/C9H16N2/c1-3-8(2)11-7-9-5-4-6-10-9/h4-6,8,10-11H,3,7H2,1-2H3/t8-/m0/s1/i7D/t7-,8+/m1. The number of hydrogen-bond donors (Lipinski definition) is 2. The second-order valence-corrected chi connectivity index (χ2v) is 2.75. The van der Waals surface area contributed by atoms with Gasteiger partial charge in [-0.1, -0.05) is 6.92 Å². The number of hydrogen-bond acceptors (Lipinski definition) is 1. The molecule has 0 saturated carbocycles. The predicted molar refractivity (Wildman–Crippen MR) is 47.4 cm³/mol. The van der Waals surface area contributed by atoms with Gasteiger partial charge in [0.2, 0.25) is 0 Å². The van der Waals surface area contributed by atoms with Gasteiger partial charge in [0.25, 0.3) is 0 Å². The van der Waals surface area contributed by atoms with Crippen LogP contribution in [0.4, 0.5) is 0 Å². The molecule has 0 spiro atoms. The summed E-state index contributed by atoms with van der Waals surface area (Å²) in [6.07, 6.45) is 2.89. The van der Waals surface area contributed by atoms with E-state index in [1.165, 1.54) is 0 Å². The van der Waals surface area contributed by atoms with E-state index in [4.69, 9.17) is 1.37 Å². The molecule has 1 aromatic heterocycles. The van der Waals surface area contributed by atoms with Crippen molar-refractivity contribution < 1.29 is 1.37 Å². The normalized spacial score (nSPS) is 17.5. The SMILES string of the molecule is [2H][C@@H](N[C@@H](C)CC)c1ccc[nH]1. The van der Waals surface area contributed by atoms with Crippen molar-refractivity contribution in [3.63, 3.8) is 0 Å². The zero-order valence-electron chi connectivity index (χ0n) is 8.09. The summed E-state index contributed by atoms with van der Waals surface area (Å²) >= 11 is 0. The molecular weight excluding hydrogens is 136 g/mol. The second kappa shape index (κ2) is 4.19. The maximum Gasteiger partial charge on any atom is 0.0495 e. The third-order valence-corrected chi connectivity index (χ3v) is 1.76. The average Bonchev–Trinajstić information content (AvgIpc) is 2.56. The van der Waals surface area contributed by atoms with E-state index in [1.54, 1.807) is 0 Å². The smallest absolute Gasteiger partial charge is 0.0495 e. The topological polar surface area (TPSA) is 27.8 Å². The first kappa shape index (κ1) is 6.92. The molecular formula is C9H16N2. The molecule has 0 amide bonds. The first-order chi connectivity index (χ1) is 5.74. The van der Waals surface area contributed by atoms with E-state index in [0.717, 1.165) is 12.1 Å². The van der Waals surface area contributed by atoms with Crippen LogP contribution in [0.15, 0.2) is 18.3 Å². The lowest BCUT2D eigenvalue weighted by Gasteiger charge is -2.09. The van der Waals surface area contributed by atoms with Crippen LogP contribution in [0.3, 0.4) is 0 Å². The minimum Gasteiger partial charge on any atom is -0.364 e. The van der Waals surface area contributed by atoms with Crippen molar-refractivity contribution in [2.75, 3.05) is 0 Å². The van der Waals surface area contributed by atoms with Gasteiger partial charge in [-0.25, -0.2) is 0 Å². The molecule has 0 aliphatic heterocycles. The average molecular weight is 153 g/mol. The number of nitrogens with one attached hydrogen (secondary N) is 2. The van der Waals surface area contributed by atoms with Gasteiger partial charge in [-0.15, -0.1) is 0 Å². The molecule has 0 aromatic carbocycles. The van der Waals surface area contributed by atoms with E-state index in [2.05, 4.69) is 24.1 Å². The Bertz CT molecular complexity index is 208. The van der Waals surface area contributed by atoms with Gasteiger partial charge in [-0.05, 0) is 25.5 Å². The van der Waals surface area contributed by atoms with E-state index in [9.17, 15) is 0 Å². The first-order valence-electron chi connectivity index (χ1n) is 4.63. The lowest BCUT2D eigenvalue weighted by atomic mass is 10.2. The molecule has 0 aliphatic carbocycles. The number of H-pyrrole nitrogens is 1. The highest BCUT2D eigenvalue weighted by Gasteiger charge is 1.96. The molecule has 2 atom stereocenters. The Kier molecular flexibility index (Phi) is 2.63. The quantitative estimate of drug-likeness (QED) is 0.679. The van der Waals surface area contributed by atoms with E-state index in [1.807, 2.05) is 18.3 Å². The maximum absolute atomic E-state index is 7.72. The summed E-state index contributed by atoms with van der Waals surface area (Å²) in [5.41, 5.74) is 0.926. The van der Waals surface area contributed by atoms with Gasteiger partial charge < -0.3 is 10.3 Å². The Labute approximate surface area is 69.4 Å². The van der Waals surface area contributed by atoms with Crippen LogP contribution in [0.5, 0.6) is 0 Å². The molecule has 62 valence electrons. The third-order valence-electron chi connectivity index (χ3n) is 1.76. The van der Waals surface area contributed by atoms with E-state index in [0.29, 0.717) is 6.04 Å². The Hall–Kier alpha value is -0.760. The molecule has 0 radical (unpaired) electrons. The van der Waals surface area contributed by atoms with Gasteiger partial charge in [-0.3, -0.25) is 0 Å². The molecule has 0 bridgehead atoms. The van der Waals surface area contributed by atoms with Gasteiger partial charge in [0.05, 0.1) is 0 Å². The molecule has 2 N–H and O–H groups in total. The van der Waals surface area contributed by atoms with Crippen LogP contribution in [-0.2, 0) is 6.52 Å². The van der Waals surface area contributed by atoms with Crippen LogP contribution in [0.2, 0.25) is 0 Å². The molecule has 0 fully saturated rings. The summed E-state index contributed by atoms with van der Waals surface area (Å²) in [7, 11) is 0. The van der Waals surface area contributed by atoms with Crippen molar-refractivity contribution in [1.29, 1.82) is 0 Å². The van der Waals surface area contributed by atoms with Crippen LogP contribution >= 0.6 is 0 Å². The van der Waals surface area contributed by atoms with E-state index >= 15 is 0 Å². The molecule has 1 heterocycles. The lowest BCUT2D eigenvalue weighted by Crippen LogP contribution is -2.24. The highest BCUT2D eigenvalue weighted by molar-refractivity contribution is 5.02. The van der Waals surface area contributed by atoms with Crippen molar-refractivity contribution in [2.45, 2.75) is 32.8 Å². The molecule has 1 rings (SSSR count). The highest BCUT2D eigenvalue weighted by atomic mass is 14.9. The van der Waals surface area contributed by atoms with Crippen molar-refractivity contribution in [3.8, 4) is 0 Å². The fourth-order valence-electron chi connectivity index (χ4n) is 0.784. The lowest BCUT2D eigenvalue weighted by molar-refractivity contribution is 0.530. The fraction of sp³-hybridized carbons (Fsp3) is 0.556. The zero-order chi connectivity index (χ0) is 8.97. The van der Waals surface area contributed by atoms with Crippen LogP contribution in [-0.4, -0.2) is 11.0 Å². The monoisotopic (exact) mass is 153 g/mol. The van der Waals surface area contributed by atoms with Crippen LogP contribution in [0.25, 0.3) is 0 Å². The minimum absolute atomic E-state index is 0.324. The third kappa shape index (κ3) is 2.76. The van der Waals surface area contributed by atoms with E-state index < -0.39 is 0 Å². The first-order valence-corrected chi connectivity index (χ1v) is 4.05. The molecule has 0 saturated heterocycles. The molecule has 11 heavy (non-hydrogen) atoms. The van der Waals surface area contributed by atoms with Gasteiger partial charge >= 0.3 is 0 Å². The van der Waals surface area contributed by atoms with Crippen molar-refractivity contribution >= 4 is 0 Å². The summed E-state index contributed by atoms with van der Waals surface area (Å²) in [6.45, 7) is 3.87. The summed E-state index contributed by atoms with van der Waals surface area (Å²) in [5.74, 6) is 0. The van der Waals surface area contributed by atoms with Crippen LogP contribution in [0.1, 0.15) is 27.3 Å². The van der Waals surface area contributed by atoms with Crippen molar-refractivity contribution in [2.24, 2.45) is 0 Å². The molecule has 2 nitrogen and oxygen atoms in total. The zero-order valence-corrected chi connectivity index (χ0v) is 7.09. The number of aromatic nitrogens is 1. The van der Waals surface area contributed by atoms with Gasteiger partial charge in [-0.2, -0.15) is 0 Å². The van der Waals surface area contributed by atoms with Gasteiger partial charge in [0.15, 0.2) is 0 Å². The number of rotatable bonds is 4. The summed E-state index contributed by atoms with van der Waals surface area (Å²) < 4.78 is 7.72. The second-order valence-electron chi connectivity index (χ2n) is 2.75. The fourth-order valence-corrected chi connectivity index (χ4v) is 0.784. The number of aromatic amines is 1.